The lowest BCUT2D eigenvalue weighted by atomic mass is 10.1. The van der Waals surface area contributed by atoms with Gasteiger partial charge in [-0.2, -0.15) is 5.26 Å². The Balaban J connectivity index is 1.82. The van der Waals surface area contributed by atoms with E-state index in [1.165, 1.54) is 18.2 Å². The molecule has 3 rings (SSSR count). The van der Waals surface area contributed by atoms with E-state index in [1.54, 1.807) is 36.4 Å². The number of non-ortho nitro benzene ring substituents is 1. The minimum absolute atomic E-state index is 0.0117. The molecule has 3 aromatic carbocycles. The van der Waals surface area contributed by atoms with E-state index in [1.807, 2.05) is 32.0 Å². The maximum absolute atomic E-state index is 12.7. The van der Waals surface area contributed by atoms with Gasteiger partial charge in [0, 0.05) is 28.4 Å². The molecule has 0 bridgehead atoms. The minimum Gasteiger partial charge on any atom is -0.488 e. The Hall–Kier alpha value is -4.15. The number of carbonyl (C=O) groups is 1. The number of benzene rings is 3. The molecule has 1 N–H and O–H groups in total. The number of halogens is 1. The van der Waals surface area contributed by atoms with Crippen molar-refractivity contribution in [3.8, 4) is 11.8 Å². The molecule has 0 radical (unpaired) electrons. The first-order valence-electron chi connectivity index (χ1n) is 9.93. The number of nitro benzene ring substituents is 1. The van der Waals surface area contributed by atoms with Gasteiger partial charge in [-0.05, 0) is 73.0 Å². The molecule has 0 heterocycles. The monoisotopic (exact) mass is 461 g/mol. The van der Waals surface area contributed by atoms with Crippen molar-refractivity contribution < 1.29 is 14.5 Å². The van der Waals surface area contributed by atoms with Crippen molar-refractivity contribution in [2.75, 3.05) is 5.32 Å². The molecule has 1 amide bonds. The molecule has 3 aromatic rings. The van der Waals surface area contributed by atoms with Gasteiger partial charge in [0.25, 0.3) is 11.6 Å². The Morgan fingerprint density at radius 3 is 2.58 bits per heavy atom. The molecule has 33 heavy (non-hydrogen) atoms. The van der Waals surface area contributed by atoms with Crippen LogP contribution in [0.4, 0.5) is 11.4 Å². The summed E-state index contributed by atoms with van der Waals surface area (Å²) >= 11 is 6.12. The average Bonchev–Trinajstić information content (AvgIpc) is 2.80. The molecule has 0 saturated heterocycles. The molecule has 8 heteroatoms. The van der Waals surface area contributed by atoms with Gasteiger partial charge in [-0.3, -0.25) is 14.9 Å². The summed E-state index contributed by atoms with van der Waals surface area (Å²) in [5.74, 6) is -0.141. The second-order valence-electron chi connectivity index (χ2n) is 7.27. The van der Waals surface area contributed by atoms with Crippen LogP contribution in [0.5, 0.6) is 5.75 Å². The van der Waals surface area contributed by atoms with Crippen LogP contribution in [-0.2, 0) is 11.4 Å². The van der Waals surface area contributed by atoms with Crippen molar-refractivity contribution >= 4 is 35.0 Å². The lowest BCUT2D eigenvalue weighted by molar-refractivity contribution is -0.384. The molecule has 0 unspecified atom stereocenters. The van der Waals surface area contributed by atoms with Gasteiger partial charge in [0.05, 0.1) is 4.92 Å². The standard InChI is InChI=1S/C25H20ClN3O4/c1-16-4-3-5-23(17(16)2)28-25(30)20(14-27)12-19-13-21(26)8-11-24(19)33-15-18-6-9-22(10-7-18)29(31)32/h3-13H,15H2,1-2H3,(H,28,30)/b20-12+. The highest BCUT2D eigenvalue weighted by atomic mass is 35.5. The Morgan fingerprint density at radius 2 is 1.91 bits per heavy atom. The second kappa shape index (κ2) is 10.4. The zero-order valence-electron chi connectivity index (χ0n) is 18.0. The third-order valence-electron chi connectivity index (χ3n) is 5.03. The van der Waals surface area contributed by atoms with E-state index < -0.39 is 10.8 Å². The number of hydrogen-bond donors (Lipinski definition) is 1. The third-order valence-corrected chi connectivity index (χ3v) is 5.27. The van der Waals surface area contributed by atoms with Gasteiger partial charge < -0.3 is 10.1 Å². The molecule has 0 spiro atoms. The van der Waals surface area contributed by atoms with E-state index in [2.05, 4.69) is 5.32 Å². The predicted octanol–water partition coefficient (Wildman–Crippen LogP) is 5.99. The number of hydrogen-bond acceptors (Lipinski definition) is 5. The molecule has 0 aliphatic carbocycles. The van der Waals surface area contributed by atoms with Gasteiger partial charge in [-0.25, -0.2) is 0 Å². The normalized spacial score (nSPS) is 10.9. The first-order chi connectivity index (χ1) is 15.8. The highest BCUT2D eigenvalue weighted by Crippen LogP contribution is 2.27. The fraction of sp³-hybridized carbons (Fsp3) is 0.120. The number of rotatable bonds is 7. The van der Waals surface area contributed by atoms with Gasteiger partial charge in [0.2, 0.25) is 0 Å². The fourth-order valence-corrected chi connectivity index (χ4v) is 3.20. The van der Waals surface area contributed by atoms with Gasteiger partial charge in [-0.1, -0.05) is 23.7 Å². The van der Waals surface area contributed by atoms with Crippen LogP contribution in [0.2, 0.25) is 5.02 Å². The van der Waals surface area contributed by atoms with E-state index in [9.17, 15) is 20.2 Å². The number of nitriles is 1. The van der Waals surface area contributed by atoms with Gasteiger partial charge in [-0.15, -0.1) is 0 Å². The van der Waals surface area contributed by atoms with Gasteiger partial charge in [0.1, 0.15) is 24.0 Å². The van der Waals surface area contributed by atoms with E-state index >= 15 is 0 Å². The van der Waals surface area contributed by atoms with Crippen LogP contribution in [-0.4, -0.2) is 10.8 Å². The maximum Gasteiger partial charge on any atom is 0.269 e. The van der Waals surface area contributed by atoms with Crippen molar-refractivity contribution in [3.63, 3.8) is 0 Å². The quantitative estimate of drug-likeness (QED) is 0.201. The highest BCUT2D eigenvalue weighted by Gasteiger charge is 2.14. The van der Waals surface area contributed by atoms with Gasteiger partial charge >= 0.3 is 0 Å². The number of ether oxygens (including phenoxy) is 1. The first-order valence-corrected chi connectivity index (χ1v) is 10.3. The third kappa shape index (κ3) is 5.97. The summed E-state index contributed by atoms with van der Waals surface area (Å²) in [6, 6.07) is 18.3. The Morgan fingerprint density at radius 1 is 1.18 bits per heavy atom. The molecule has 0 fully saturated rings. The van der Waals surface area contributed by atoms with E-state index in [-0.39, 0.29) is 17.9 Å². The van der Waals surface area contributed by atoms with Crippen LogP contribution >= 0.6 is 11.6 Å². The number of aryl methyl sites for hydroxylation is 1. The van der Waals surface area contributed by atoms with Crippen LogP contribution in [0.1, 0.15) is 22.3 Å². The molecule has 166 valence electrons. The summed E-state index contributed by atoms with van der Waals surface area (Å²) in [4.78, 5) is 23.1. The molecule has 0 aromatic heterocycles. The summed E-state index contributed by atoms with van der Waals surface area (Å²) in [6.45, 7) is 3.96. The van der Waals surface area contributed by atoms with E-state index in [0.717, 1.165) is 16.7 Å². The van der Waals surface area contributed by atoms with Crippen LogP contribution < -0.4 is 10.1 Å². The van der Waals surface area contributed by atoms with Gasteiger partial charge in [0.15, 0.2) is 0 Å². The summed E-state index contributed by atoms with van der Waals surface area (Å²) < 4.78 is 5.84. The number of nitrogens with zero attached hydrogens (tertiary/aromatic N) is 2. The van der Waals surface area contributed by atoms with Crippen molar-refractivity contribution in [1.29, 1.82) is 5.26 Å². The molecule has 0 aliphatic heterocycles. The molecular weight excluding hydrogens is 442 g/mol. The SMILES string of the molecule is Cc1cccc(NC(=O)/C(C#N)=C/c2cc(Cl)ccc2OCc2ccc([N+](=O)[O-])cc2)c1C. The zero-order valence-corrected chi connectivity index (χ0v) is 18.7. The molecule has 0 saturated carbocycles. The minimum atomic E-state index is -0.549. The Labute approximate surface area is 196 Å². The molecule has 0 aliphatic rings. The lowest BCUT2D eigenvalue weighted by Gasteiger charge is -2.12. The molecular formula is C25H20ClN3O4. The lowest BCUT2D eigenvalue weighted by Crippen LogP contribution is -2.14. The summed E-state index contributed by atoms with van der Waals surface area (Å²) in [5.41, 5.74) is 3.61. The summed E-state index contributed by atoms with van der Waals surface area (Å²) in [6.07, 6.45) is 1.41. The highest BCUT2D eigenvalue weighted by molar-refractivity contribution is 6.30. The smallest absolute Gasteiger partial charge is 0.269 e. The van der Waals surface area contributed by atoms with Crippen molar-refractivity contribution in [1.82, 2.24) is 0 Å². The van der Waals surface area contributed by atoms with Crippen LogP contribution in [0.25, 0.3) is 6.08 Å². The average molecular weight is 462 g/mol. The second-order valence-corrected chi connectivity index (χ2v) is 7.70. The number of carbonyl (C=O) groups excluding carboxylic acids is 1. The topological polar surface area (TPSA) is 105 Å². The number of amides is 1. The van der Waals surface area contributed by atoms with E-state index in [0.29, 0.717) is 22.0 Å². The number of anilines is 1. The van der Waals surface area contributed by atoms with Crippen molar-refractivity contribution in [3.05, 3.63) is 104 Å². The molecule has 7 nitrogen and oxygen atoms in total. The van der Waals surface area contributed by atoms with Crippen LogP contribution in [0.15, 0.2) is 66.2 Å². The van der Waals surface area contributed by atoms with Crippen molar-refractivity contribution in [2.24, 2.45) is 0 Å². The van der Waals surface area contributed by atoms with Crippen LogP contribution in [0, 0.1) is 35.3 Å². The molecule has 0 atom stereocenters. The van der Waals surface area contributed by atoms with Crippen LogP contribution in [0.3, 0.4) is 0 Å². The van der Waals surface area contributed by atoms with Crippen molar-refractivity contribution in [2.45, 2.75) is 20.5 Å². The Kier molecular flexibility index (Phi) is 7.44. The summed E-state index contributed by atoms with van der Waals surface area (Å²) in [5, 5.41) is 23.6. The fourth-order valence-electron chi connectivity index (χ4n) is 3.02. The largest absolute Gasteiger partial charge is 0.488 e. The predicted molar refractivity (Wildman–Crippen MR) is 127 cm³/mol. The number of nitro groups is 1. The maximum atomic E-state index is 12.7. The van der Waals surface area contributed by atoms with E-state index in [4.69, 9.17) is 16.3 Å². The number of nitrogens with one attached hydrogen (secondary N) is 1. The Bertz CT molecular complexity index is 1280. The summed E-state index contributed by atoms with van der Waals surface area (Å²) in [7, 11) is 0. The first kappa shape index (κ1) is 23.5. The zero-order chi connectivity index (χ0) is 24.0.